The van der Waals surface area contributed by atoms with Crippen molar-refractivity contribution in [1.82, 2.24) is 5.32 Å². The SMILES string of the molecule is CCCN/C=C(/C)N. The fourth-order valence-corrected chi connectivity index (χ4v) is 0.377. The van der Waals surface area contributed by atoms with Crippen LogP contribution in [0.2, 0.25) is 0 Å². The van der Waals surface area contributed by atoms with E-state index in [2.05, 4.69) is 12.2 Å². The van der Waals surface area contributed by atoms with Crippen molar-refractivity contribution in [2.75, 3.05) is 6.54 Å². The fraction of sp³-hybridized carbons (Fsp3) is 0.667. The molecule has 2 heteroatoms. The molecule has 0 unspecified atom stereocenters. The highest BCUT2D eigenvalue weighted by molar-refractivity contribution is 4.88. The monoisotopic (exact) mass is 114 g/mol. The summed E-state index contributed by atoms with van der Waals surface area (Å²) in [5, 5.41) is 3.05. The van der Waals surface area contributed by atoms with Crippen molar-refractivity contribution in [2.24, 2.45) is 5.73 Å². The summed E-state index contributed by atoms with van der Waals surface area (Å²) in [5.74, 6) is 0. The zero-order valence-electron chi connectivity index (χ0n) is 5.57. The van der Waals surface area contributed by atoms with Gasteiger partial charge >= 0.3 is 0 Å². The Morgan fingerprint density at radius 1 is 1.75 bits per heavy atom. The summed E-state index contributed by atoms with van der Waals surface area (Å²) in [5.41, 5.74) is 6.16. The van der Waals surface area contributed by atoms with Crippen LogP contribution in [-0.2, 0) is 0 Å². The summed E-state index contributed by atoms with van der Waals surface area (Å²) in [6, 6.07) is 0. The van der Waals surface area contributed by atoms with Crippen LogP contribution in [0.3, 0.4) is 0 Å². The molecule has 0 aliphatic rings. The second kappa shape index (κ2) is 4.50. The minimum Gasteiger partial charge on any atom is -0.401 e. The van der Waals surface area contributed by atoms with Crippen LogP contribution in [0.5, 0.6) is 0 Å². The van der Waals surface area contributed by atoms with E-state index in [4.69, 9.17) is 5.73 Å². The highest BCUT2D eigenvalue weighted by atomic mass is 14.8. The van der Waals surface area contributed by atoms with Gasteiger partial charge in [0.25, 0.3) is 0 Å². The fourth-order valence-electron chi connectivity index (χ4n) is 0.377. The Hall–Kier alpha value is -0.660. The highest BCUT2D eigenvalue weighted by Crippen LogP contribution is 1.74. The maximum atomic E-state index is 5.33. The summed E-state index contributed by atoms with van der Waals surface area (Å²) in [6.07, 6.45) is 2.97. The first-order valence-electron chi connectivity index (χ1n) is 2.93. The van der Waals surface area contributed by atoms with E-state index in [1.54, 1.807) is 0 Å². The van der Waals surface area contributed by atoms with Gasteiger partial charge in [0.2, 0.25) is 0 Å². The number of nitrogens with two attached hydrogens (primary N) is 1. The van der Waals surface area contributed by atoms with E-state index in [0.29, 0.717) is 0 Å². The molecule has 0 rings (SSSR count). The van der Waals surface area contributed by atoms with Crippen molar-refractivity contribution < 1.29 is 0 Å². The molecule has 0 radical (unpaired) electrons. The number of hydrogen-bond donors (Lipinski definition) is 2. The lowest BCUT2D eigenvalue weighted by molar-refractivity contribution is 0.802. The van der Waals surface area contributed by atoms with Crippen LogP contribution in [0.1, 0.15) is 20.3 Å². The normalized spacial score (nSPS) is 11.5. The second-order valence-electron chi connectivity index (χ2n) is 1.84. The van der Waals surface area contributed by atoms with Gasteiger partial charge < -0.3 is 11.1 Å². The molecule has 2 nitrogen and oxygen atoms in total. The summed E-state index contributed by atoms with van der Waals surface area (Å²) in [4.78, 5) is 0. The van der Waals surface area contributed by atoms with Crippen molar-refractivity contribution in [1.29, 1.82) is 0 Å². The Bertz CT molecular complexity index is 72.6. The lowest BCUT2D eigenvalue weighted by Crippen LogP contribution is -2.08. The van der Waals surface area contributed by atoms with Gasteiger partial charge in [-0.3, -0.25) is 0 Å². The predicted molar refractivity (Wildman–Crippen MR) is 36.2 cm³/mol. The smallest absolute Gasteiger partial charge is 0.0208 e. The number of nitrogens with one attached hydrogen (secondary N) is 1. The third-order valence-corrected chi connectivity index (χ3v) is 0.724. The molecule has 0 fully saturated rings. The van der Waals surface area contributed by atoms with Crippen molar-refractivity contribution in [2.45, 2.75) is 20.3 Å². The predicted octanol–water partition coefficient (Wildman–Crippen LogP) is 0.806. The zero-order valence-corrected chi connectivity index (χ0v) is 5.57. The first-order valence-corrected chi connectivity index (χ1v) is 2.93. The largest absolute Gasteiger partial charge is 0.401 e. The molecule has 3 N–H and O–H groups in total. The Morgan fingerprint density at radius 2 is 2.38 bits per heavy atom. The molecule has 0 amide bonds. The summed E-state index contributed by atoms with van der Waals surface area (Å²) < 4.78 is 0. The Balaban J connectivity index is 3.03. The quantitative estimate of drug-likeness (QED) is 0.533. The minimum atomic E-state index is 0.832. The van der Waals surface area contributed by atoms with Crippen LogP contribution in [-0.4, -0.2) is 6.54 Å². The summed E-state index contributed by atoms with van der Waals surface area (Å²) >= 11 is 0. The van der Waals surface area contributed by atoms with Crippen molar-refractivity contribution in [3.8, 4) is 0 Å². The Kier molecular flexibility index (Phi) is 4.13. The van der Waals surface area contributed by atoms with Crippen LogP contribution in [0.15, 0.2) is 11.9 Å². The van der Waals surface area contributed by atoms with E-state index in [0.717, 1.165) is 18.7 Å². The zero-order chi connectivity index (χ0) is 6.41. The maximum Gasteiger partial charge on any atom is 0.0208 e. The first kappa shape index (κ1) is 7.34. The maximum absolute atomic E-state index is 5.33. The Labute approximate surface area is 50.8 Å². The average Bonchev–Trinajstić information content (AvgIpc) is 1.66. The van der Waals surface area contributed by atoms with Crippen LogP contribution < -0.4 is 11.1 Å². The number of hydrogen-bond acceptors (Lipinski definition) is 2. The molecule has 0 aromatic heterocycles. The Morgan fingerprint density at radius 3 is 2.75 bits per heavy atom. The van der Waals surface area contributed by atoms with Gasteiger partial charge in [-0.25, -0.2) is 0 Å². The van der Waals surface area contributed by atoms with Crippen molar-refractivity contribution in [3.05, 3.63) is 11.9 Å². The molecule has 0 aromatic carbocycles. The van der Waals surface area contributed by atoms with E-state index in [9.17, 15) is 0 Å². The first-order chi connectivity index (χ1) is 3.77. The van der Waals surface area contributed by atoms with Gasteiger partial charge in [0.05, 0.1) is 0 Å². The molecule has 0 aromatic rings. The van der Waals surface area contributed by atoms with Gasteiger partial charge in [0.15, 0.2) is 0 Å². The molecule has 8 heavy (non-hydrogen) atoms. The van der Waals surface area contributed by atoms with Crippen molar-refractivity contribution >= 4 is 0 Å². The van der Waals surface area contributed by atoms with Gasteiger partial charge in [-0.1, -0.05) is 6.92 Å². The average molecular weight is 114 g/mol. The molecule has 0 bridgehead atoms. The molecule has 0 spiro atoms. The molecule has 0 saturated carbocycles. The van der Waals surface area contributed by atoms with E-state index in [1.807, 2.05) is 13.1 Å². The third kappa shape index (κ3) is 5.34. The minimum absolute atomic E-state index is 0.832. The molecule has 48 valence electrons. The molecular formula is C6H14N2. The second-order valence-corrected chi connectivity index (χ2v) is 1.84. The van der Waals surface area contributed by atoms with E-state index < -0.39 is 0 Å². The van der Waals surface area contributed by atoms with E-state index >= 15 is 0 Å². The van der Waals surface area contributed by atoms with Gasteiger partial charge in [-0.2, -0.15) is 0 Å². The number of allylic oxidation sites excluding steroid dienone is 1. The highest BCUT2D eigenvalue weighted by Gasteiger charge is 1.74. The van der Waals surface area contributed by atoms with Crippen molar-refractivity contribution in [3.63, 3.8) is 0 Å². The number of rotatable bonds is 3. The van der Waals surface area contributed by atoms with Crippen LogP contribution >= 0.6 is 0 Å². The van der Waals surface area contributed by atoms with Gasteiger partial charge in [-0.05, 0) is 13.3 Å². The summed E-state index contributed by atoms with van der Waals surface area (Å²) in [7, 11) is 0. The van der Waals surface area contributed by atoms with Crippen LogP contribution in [0.4, 0.5) is 0 Å². The lowest BCUT2D eigenvalue weighted by Gasteiger charge is -1.95. The van der Waals surface area contributed by atoms with Gasteiger partial charge in [0, 0.05) is 18.4 Å². The molecule has 0 aliphatic heterocycles. The van der Waals surface area contributed by atoms with E-state index in [-0.39, 0.29) is 0 Å². The topological polar surface area (TPSA) is 38.0 Å². The standard InChI is InChI=1S/C6H14N2/c1-3-4-8-5-6(2)7/h5,8H,3-4,7H2,1-2H3/b6-5-. The molecule has 0 aliphatic carbocycles. The van der Waals surface area contributed by atoms with Crippen LogP contribution in [0, 0.1) is 0 Å². The molecule has 0 heterocycles. The third-order valence-electron chi connectivity index (χ3n) is 0.724. The molecular weight excluding hydrogens is 100 g/mol. The van der Waals surface area contributed by atoms with E-state index in [1.165, 1.54) is 0 Å². The van der Waals surface area contributed by atoms with Crippen LogP contribution in [0.25, 0.3) is 0 Å². The molecule has 0 saturated heterocycles. The molecule has 0 atom stereocenters. The lowest BCUT2D eigenvalue weighted by atomic mass is 10.5. The van der Waals surface area contributed by atoms with Gasteiger partial charge in [-0.15, -0.1) is 0 Å². The summed E-state index contributed by atoms with van der Waals surface area (Å²) in [6.45, 7) is 4.99. The van der Waals surface area contributed by atoms with Gasteiger partial charge in [0.1, 0.15) is 0 Å².